The van der Waals surface area contributed by atoms with Crippen molar-refractivity contribution in [1.82, 2.24) is 10.2 Å². The summed E-state index contributed by atoms with van der Waals surface area (Å²) in [6.07, 6.45) is 2.76. The maximum Gasteiger partial charge on any atom is 0.188 e. The van der Waals surface area contributed by atoms with Crippen LogP contribution in [0.25, 0.3) is 0 Å². The first-order chi connectivity index (χ1) is 9.22. The molecular weight excluding hydrogens is 236 g/mol. The van der Waals surface area contributed by atoms with Crippen LogP contribution < -0.4 is 11.1 Å². The van der Waals surface area contributed by atoms with Crippen LogP contribution in [0, 0.1) is 0 Å². The molecule has 0 bridgehead atoms. The molecule has 0 amide bonds. The largest absolute Gasteiger partial charge is 0.370 e. The van der Waals surface area contributed by atoms with E-state index in [0.29, 0.717) is 12.5 Å². The van der Waals surface area contributed by atoms with Gasteiger partial charge < -0.3 is 16.0 Å². The van der Waals surface area contributed by atoms with Crippen molar-refractivity contribution in [1.29, 1.82) is 0 Å². The normalized spacial score (nSPS) is 11.6. The summed E-state index contributed by atoms with van der Waals surface area (Å²) in [6.45, 7) is 6.99. The average molecular weight is 260 g/mol. The highest BCUT2D eigenvalue weighted by Crippen LogP contribution is 2.02. The van der Waals surface area contributed by atoms with E-state index >= 15 is 0 Å². The predicted molar refractivity (Wildman–Crippen MR) is 82.1 cm³/mol. The van der Waals surface area contributed by atoms with E-state index < -0.39 is 0 Å². The minimum absolute atomic E-state index is 0.491. The summed E-state index contributed by atoms with van der Waals surface area (Å²) in [5.74, 6) is 0.491. The maximum absolute atomic E-state index is 5.68. The molecule has 1 aromatic carbocycles. The minimum atomic E-state index is 0.491. The molecule has 0 heterocycles. The van der Waals surface area contributed by atoms with Crippen molar-refractivity contribution in [2.24, 2.45) is 10.7 Å². The predicted octanol–water partition coefficient (Wildman–Crippen LogP) is 1.60. The number of rotatable bonds is 8. The van der Waals surface area contributed by atoms with E-state index in [4.69, 9.17) is 5.73 Å². The zero-order chi connectivity index (χ0) is 13.9. The number of aliphatic imine (C=N–C) groups is 1. The minimum Gasteiger partial charge on any atom is -0.370 e. The van der Waals surface area contributed by atoms with Gasteiger partial charge in [-0.3, -0.25) is 4.99 Å². The van der Waals surface area contributed by atoms with Gasteiger partial charge in [0.2, 0.25) is 0 Å². The molecule has 19 heavy (non-hydrogen) atoms. The fourth-order valence-corrected chi connectivity index (χ4v) is 1.75. The third-order valence-corrected chi connectivity index (χ3v) is 2.70. The lowest BCUT2D eigenvalue weighted by Crippen LogP contribution is -2.32. The van der Waals surface area contributed by atoms with Gasteiger partial charge >= 0.3 is 0 Å². The second kappa shape index (κ2) is 9.16. The number of hydrogen-bond donors (Lipinski definition) is 2. The molecule has 0 unspecified atom stereocenters. The smallest absolute Gasteiger partial charge is 0.188 e. The standard InChI is InChI=1S/C15H24N4/c1-3-10-17-15(16)18-11-7-12-19(2)13-14-8-5-4-6-9-14/h3-6,8-9H,1,7,10-13H2,2H3,(H3,16,17,18). The molecule has 0 spiro atoms. The molecule has 4 heteroatoms. The highest BCUT2D eigenvalue weighted by Gasteiger charge is 1.99. The van der Waals surface area contributed by atoms with Crippen molar-refractivity contribution < 1.29 is 0 Å². The number of nitrogens with zero attached hydrogens (tertiary/aromatic N) is 2. The van der Waals surface area contributed by atoms with Crippen LogP contribution in [-0.2, 0) is 6.54 Å². The number of guanidine groups is 1. The first-order valence-electron chi connectivity index (χ1n) is 6.59. The Bertz CT molecular complexity index is 386. The summed E-state index contributed by atoms with van der Waals surface area (Å²) in [5, 5.41) is 2.96. The lowest BCUT2D eigenvalue weighted by Gasteiger charge is -2.15. The van der Waals surface area contributed by atoms with E-state index in [-0.39, 0.29) is 0 Å². The summed E-state index contributed by atoms with van der Waals surface area (Å²) >= 11 is 0. The second-order valence-corrected chi connectivity index (χ2v) is 4.51. The summed E-state index contributed by atoms with van der Waals surface area (Å²) in [5.41, 5.74) is 7.01. The van der Waals surface area contributed by atoms with Crippen LogP contribution >= 0.6 is 0 Å². The quantitative estimate of drug-likeness (QED) is 0.323. The van der Waals surface area contributed by atoms with Crippen molar-refractivity contribution in [3.8, 4) is 0 Å². The van der Waals surface area contributed by atoms with Gasteiger partial charge in [0, 0.05) is 19.6 Å². The van der Waals surface area contributed by atoms with Gasteiger partial charge in [0.15, 0.2) is 5.96 Å². The van der Waals surface area contributed by atoms with E-state index in [1.54, 1.807) is 6.08 Å². The topological polar surface area (TPSA) is 53.6 Å². The van der Waals surface area contributed by atoms with Gasteiger partial charge in [-0.05, 0) is 25.6 Å². The molecule has 0 fully saturated rings. The molecule has 1 aromatic rings. The van der Waals surface area contributed by atoms with Gasteiger partial charge in [-0.2, -0.15) is 0 Å². The Morgan fingerprint density at radius 1 is 1.42 bits per heavy atom. The van der Waals surface area contributed by atoms with E-state index in [1.807, 2.05) is 6.07 Å². The van der Waals surface area contributed by atoms with Crippen LogP contribution in [0.2, 0.25) is 0 Å². The number of hydrogen-bond acceptors (Lipinski definition) is 2. The Balaban J connectivity index is 2.17. The third-order valence-electron chi connectivity index (χ3n) is 2.70. The Hall–Kier alpha value is -1.81. The van der Waals surface area contributed by atoms with Crippen LogP contribution in [0.15, 0.2) is 48.0 Å². The van der Waals surface area contributed by atoms with Crippen molar-refractivity contribution in [3.63, 3.8) is 0 Å². The Morgan fingerprint density at radius 3 is 2.84 bits per heavy atom. The van der Waals surface area contributed by atoms with Crippen molar-refractivity contribution in [2.45, 2.75) is 13.0 Å². The molecule has 3 N–H and O–H groups in total. The van der Waals surface area contributed by atoms with Gasteiger partial charge in [0.1, 0.15) is 0 Å². The zero-order valence-corrected chi connectivity index (χ0v) is 11.7. The van der Waals surface area contributed by atoms with E-state index in [9.17, 15) is 0 Å². The highest BCUT2D eigenvalue weighted by molar-refractivity contribution is 5.77. The summed E-state index contributed by atoms with van der Waals surface area (Å²) < 4.78 is 0. The lowest BCUT2D eigenvalue weighted by molar-refractivity contribution is 0.324. The van der Waals surface area contributed by atoms with Crippen LogP contribution in [0.1, 0.15) is 12.0 Å². The Morgan fingerprint density at radius 2 is 2.16 bits per heavy atom. The molecule has 0 radical (unpaired) electrons. The lowest BCUT2D eigenvalue weighted by atomic mass is 10.2. The molecule has 0 aliphatic rings. The SMILES string of the molecule is C=CCNC(N)=NCCCN(C)Cc1ccccc1. The number of nitrogens with one attached hydrogen (secondary N) is 1. The zero-order valence-electron chi connectivity index (χ0n) is 11.7. The van der Waals surface area contributed by atoms with Crippen LogP contribution in [0.5, 0.6) is 0 Å². The van der Waals surface area contributed by atoms with E-state index in [2.05, 4.69) is 53.1 Å². The molecule has 1 rings (SSSR count). The van der Waals surface area contributed by atoms with Crippen molar-refractivity contribution >= 4 is 5.96 Å². The van der Waals surface area contributed by atoms with E-state index in [0.717, 1.165) is 26.1 Å². The van der Waals surface area contributed by atoms with Crippen molar-refractivity contribution in [3.05, 3.63) is 48.6 Å². The third kappa shape index (κ3) is 7.26. The molecule has 0 aliphatic carbocycles. The molecule has 4 nitrogen and oxygen atoms in total. The maximum atomic E-state index is 5.68. The van der Waals surface area contributed by atoms with Crippen LogP contribution in [-0.4, -0.2) is 37.5 Å². The van der Waals surface area contributed by atoms with E-state index in [1.165, 1.54) is 5.56 Å². The molecule has 0 saturated carbocycles. The molecule has 0 aromatic heterocycles. The van der Waals surface area contributed by atoms with Crippen LogP contribution in [0.4, 0.5) is 0 Å². The second-order valence-electron chi connectivity index (χ2n) is 4.51. The van der Waals surface area contributed by atoms with Crippen molar-refractivity contribution in [2.75, 3.05) is 26.7 Å². The fraction of sp³-hybridized carbons (Fsp3) is 0.400. The molecule has 0 aliphatic heterocycles. The molecular formula is C15H24N4. The summed E-state index contributed by atoms with van der Waals surface area (Å²) in [7, 11) is 2.12. The van der Waals surface area contributed by atoms with Gasteiger partial charge in [0.05, 0.1) is 0 Å². The van der Waals surface area contributed by atoms with Crippen LogP contribution in [0.3, 0.4) is 0 Å². The Kier molecular flexibility index (Phi) is 7.35. The Labute approximate surface area is 116 Å². The first-order valence-corrected chi connectivity index (χ1v) is 6.59. The summed E-state index contributed by atoms with van der Waals surface area (Å²) in [4.78, 5) is 6.54. The average Bonchev–Trinajstić information content (AvgIpc) is 2.42. The number of benzene rings is 1. The van der Waals surface area contributed by atoms with Gasteiger partial charge in [0.25, 0.3) is 0 Å². The molecule has 0 saturated heterocycles. The highest BCUT2D eigenvalue weighted by atomic mass is 15.1. The molecule has 104 valence electrons. The first kappa shape index (κ1) is 15.2. The van der Waals surface area contributed by atoms with Gasteiger partial charge in [-0.1, -0.05) is 36.4 Å². The monoisotopic (exact) mass is 260 g/mol. The van der Waals surface area contributed by atoms with Gasteiger partial charge in [-0.25, -0.2) is 0 Å². The fourth-order valence-electron chi connectivity index (χ4n) is 1.75. The number of nitrogens with two attached hydrogens (primary N) is 1. The van der Waals surface area contributed by atoms with Gasteiger partial charge in [-0.15, -0.1) is 6.58 Å². The molecule has 0 atom stereocenters. The summed E-state index contributed by atoms with van der Waals surface area (Å²) in [6, 6.07) is 10.5.